The lowest BCUT2D eigenvalue weighted by molar-refractivity contribution is -0.116. The lowest BCUT2D eigenvalue weighted by Gasteiger charge is -2.22. The van der Waals surface area contributed by atoms with Crippen LogP contribution in [0.25, 0.3) is 0 Å². The molecule has 0 aliphatic heterocycles. The first-order valence-corrected chi connectivity index (χ1v) is 12.6. The minimum absolute atomic E-state index is 0.0719. The molecule has 0 bridgehead atoms. The minimum Gasteiger partial charge on any atom is -0.312 e. The van der Waals surface area contributed by atoms with Crippen LogP contribution in [0.2, 0.25) is 0 Å². The van der Waals surface area contributed by atoms with Gasteiger partial charge in [-0.15, -0.1) is 10.2 Å². The Morgan fingerprint density at radius 3 is 2.31 bits per heavy atom. The number of para-hydroxylation sites is 1. The van der Waals surface area contributed by atoms with E-state index in [0.717, 1.165) is 16.2 Å². The molecule has 0 aliphatic rings. The monoisotopic (exact) mass is 477 g/mol. The van der Waals surface area contributed by atoms with Crippen molar-refractivity contribution >= 4 is 39.1 Å². The maximum Gasteiger partial charge on any atom is 0.237 e. The van der Waals surface area contributed by atoms with Crippen molar-refractivity contribution in [3.63, 3.8) is 0 Å². The van der Waals surface area contributed by atoms with Crippen LogP contribution in [-0.2, 0) is 28.4 Å². The highest BCUT2D eigenvalue weighted by atomic mass is 32.2. The number of rotatable bonds is 9. The zero-order chi connectivity index (χ0) is 23.3. The van der Waals surface area contributed by atoms with Gasteiger partial charge >= 0.3 is 0 Å². The molecule has 0 atom stereocenters. The number of hydrogen-bond donors (Lipinski definition) is 0. The van der Waals surface area contributed by atoms with Gasteiger partial charge in [-0.1, -0.05) is 30.0 Å². The summed E-state index contributed by atoms with van der Waals surface area (Å²) in [4.78, 5) is 14.4. The standard InChI is InChI=1S/C21H24FN5O3S2/c1-4-26(17-8-6-5-7-9-17)20(28)15-31-21-24-23-19(25(21)2)14-27(32(3,29)30)18-12-10-16(22)11-13-18/h5-13H,4,14-15H2,1-3H3. The quantitative estimate of drug-likeness (QED) is 0.440. The first-order valence-electron chi connectivity index (χ1n) is 9.80. The summed E-state index contributed by atoms with van der Waals surface area (Å²) >= 11 is 1.23. The molecule has 0 unspecified atom stereocenters. The number of aromatic nitrogens is 3. The SMILES string of the molecule is CCN(C(=O)CSc1nnc(CN(c2ccc(F)cc2)S(C)(=O)=O)n1C)c1ccccc1. The van der Waals surface area contributed by atoms with Crippen molar-refractivity contribution in [3.8, 4) is 0 Å². The average molecular weight is 478 g/mol. The predicted octanol–water partition coefficient (Wildman–Crippen LogP) is 3.07. The maximum absolute atomic E-state index is 13.3. The molecule has 11 heteroatoms. The van der Waals surface area contributed by atoms with E-state index in [9.17, 15) is 17.6 Å². The average Bonchev–Trinajstić information content (AvgIpc) is 3.11. The molecule has 8 nitrogen and oxygen atoms in total. The number of benzene rings is 2. The lowest BCUT2D eigenvalue weighted by Crippen LogP contribution is -2.32. The zero-order valence-corrected chi connectivity index (χ0v) is 19.6. The van der Waals surface area contributed by atoms with Gasteiger partial charge in [0.1, 0.15) is 5.82 Å². The number of hydrogen-bond acceptors (Lipinski definition) is 6. The smallest absolute Gasteiger partial charge is 0.237 e. The molecular weight excluding hydrogens is 453 g/mol. The first-order chi connectivity index (χ1) is 15.2. The summed E-state index contributed by atoms with van der Waals surface area (Å²) in [6.07, 6.45) is 1.07. The lowest BCUT2D eigenvalue weighted by atomic mass is 10.3. The molecule has 1 heterocycles. The van der Waals surface area contributed by atoms with Crippen molar-refractivity contribution in [2.75, 3.05) is 27.8 Å². The second kappa shape index (κ2) is 10.1. The van der Waals surface area contributed by atoms with E-state index < -0.39 is 15.8 Å². The Kier molecular flexibility index (Phi) is 7.52. The van der Waals surface area contributed by atoms with Gasteiger partial charge in [-0.05, 0) is 43.3 Å². The van der Waals surface area contributed by atoms with Gasteiger partial charge in [-0.2, -0.15) is 0 Å². The molecule has 0 saturated heterocycles. The van der Waals surface area contributed by atoms with E-state index in [1.54, 1.807) is 16.5 Å². The highest BCUT2D eigenvalue weighted by molar-refractivity contribution is 7.99. The Labute approximate surface area is 191 Å². The van der Waals surface area contributed by atoms with Crippen LogP contribution in [0, 0.1) is 5.82 Å². The van der Waals surface area contributed by atoms with Crippen molar-refractivity contribution in [2.45, 2.75) is 18.6 Å². The van der Waals surface area contributed by atoms with Crippen molar-refractivity contribution in [1.82, 2.24) is 14.8 Å². The summed E-state index contributed by atoms with van der Waals surface area (Å²) in [6, 6.07) is 14.6. The van der Waals surface area contributed by atoms with Gasteiger partial charge in [0, 0.05) is 19.3 Å². The van der Waals surface area contributed by atoms with E-state index in [1.807, 2.05) is 37.3 Å². The molecule has 0 spiro atoms. The second-order valence-electron chi connectivity index (χ2n) is 6.97. The summed E-state index contributed by atoms with van der Waals surface area (Å²) in [5, 5.41) is 8.70. The maximum atomic E-state index is 13.3. The number of anilines is 2. The highest BCUT2D eigenvalue weighted by Crippen LogP contribution is 2.23. The fourth-order valence-electron chi connectivity index (χ4n) is 3.06. The van der Waals surface area contributed by atoms with Crippen LogP contribution >= 0.6 is 11.8 Å². The van der Waals surface area contributed by atoms with Crippen LogP contribution in [0.1, 0.15) is 12.7 Å². The third-order valence-electron chi connectivity index (χ3n) is 4.73. The van der Waals surface area contributed by atoms with Gasteiger partial charge in [-0.25, -0.2) is 12.8 Å². The molecule has 3 rings (SSSR count). The number of carbonyl (C=O) groups is 1. The molecule has 0 aliphatic carbocycles. The molecule has 0 saturated carbocycles. The van der Waals surface area contributed by atoms with Crippen LogP contribution in [0.3, 0.4) is 0 Å². The summed E-state index contributed by atoms with van der Waals surface area (Å²) in [5.74, 6) is 0.0194. The van der Waals surface area contributed by atoms with Crippen LogP contribution in [-0.4, -0.2) is 47.6 Å². The number of amides is 1. The Hall–Kier alpha value is -2.92. The van der Waals surface area contributed by atoms with E-state index in [-0.39, 0.29) is 18.2 Å². The molecule has 0 N–H and O–H groups in total. The Balaban J connectivity index is 1.73. The van der Waals surface area contributed by atoms with Crippen molar-refractivity contribution in [2.24, 2.45) is 7.05 Å². The summed E-state index contributed by atoms with van der Waals surface area (Å²) in [6.45, 7) is 2.37. The van der Waals surface area contributed by atoms with Crippen molar-refractivity contribution in [3.05, 3.63) is 66.2 Å². The largest absolute Gasteiger partial charge is 0.312 e. The van der Waals surface area contributed by atoms with E-state index in [0.29, 0.717) is 23.2 Å². The Bertz CT molecular complexity index is 1170. The summed E-state index contributed by atoms with van der Waals surface area (Å²) in [7, 11) is -1.93. The van der Waals surface area contributed by atoms with Crippen LogP contribution in [0.5, 0.6) is 0 Å². The molecule has 170 valence electrons. The topological polar surface area (TPSA) is 88.4 Å². The zero-order valence-electron chi connectivity index (χ0n) is 18.0. The van der Waals surface area contributed by atoms with Gasteiger partial charge in [0.2, 0.25) is 15.9 Å². The predicted molar refractivity (Wildman–Crippen MR) is 124 cm³/mol. The van der Waals surface area contributed by atoms with Gasteiger partial charge < -0.3 is 9.47 Å². The normalized spacial score (nSPS) is 11.4. The van der Waals surface area contributed by atoms with E-state index in [2.05, 4.69) is 10.2 Å². The number of halogens is 1. The van der Waals surface area contributed by atoms with Crippen LogP contribution in [0.15, 0.2) is 59.8 Å². The number of thioether (sulfide) groups is 1. The van der Waals surface area contributed by atoms with Crippen LogP contribution < -0.4 is 9.21 Å². The number of nitrogens with zero attached hydrogens (tertiary/aromatic N) is 5. The molecule has 2 aromatic carbocycles. The van der Waals surface area contributed by atoms with Gasteiger partial charge in [0.15, 0.2) is 11.0 Å². The van der Waals surface area contributed by atoms with Crippen molar-refractivity contribution < 1.29 is 17.6 Å². The molecule has 32 heavy (non-hydrogen) atoms. The first kappa shape index (κ1) is 23.7. The Morgan fingerprint density at radius 2 is 1.72 bits per heavy atom. The number of carbonyl (C=O) groups excluding carboxylic acids is 1. The van der Waals surface area contributed by atoms with Crippen molar-refractivity contribution in [1.29, 1.82) is 0 Å². The summed E-state index contributed by atoms with van der Waals surface area (Å²) < 4.78 is 40.7. The van der Waals surface area contributed by atoms with E-state index in [4.69, 9.17) is 0 Å². The fraction of sp³-hybridized carbons (Fsp3) is 0.286. The van der Waals surface area contributed by atoms with E-state index >= 15 is 0 Å². The second-order valence-corrected chi connectivity index (χ2v) is 9.82. The summed E-state index contributed by atoms with van der Waals surface area (Å²) in [5.41, 5.74) is 1.14. The molecular formula is C21H24FN5O3S2. The highest BCUT2D eigenvalue weighted by Gasteiger charge is 2.22. The Morgan fingerprint density at radius 1 is 1.06 bits per heavy atom. The fourth-order valence-corrected chi connectivity index (χ4v) is 4.72. The molecule has 0 radical (unpaired) electrons. The minimum atomic E-state index is -3.65. The molecule has 1 amide bonds. The molecule has 3 aromatic rings. The van der Waals surface area contributed by atoms with Crippen LogP contribution in [0.4, 0.5) is 15.8 Å². The third kappa shape index (κ3) is 5.65. The third-order valence-corrected chi connectivity index (χ3v) is 6.88. The molecule has 1 aromatic heterocycles. The van der Waals surface area contributed by atoms with Gasteiger partial charge in [0.25, 0.3) is 0 Å². The number of sulfonamides is 1. The van der Waals surface area contributed by atoms with E-state index in [1.165, 1.54) is 36.0 Å². The van der Waals surface area contributed by atoms with Gasteiger partial charge in [0.05, 0.1) is 24.2 Å². The molecule has 0 fully saturated rings. The van der Waals surface area contributed by atoms with Gasteiger partial charge in [-0.3, -0.25) is 9.10 Å².